The third-order valence-corrected chi connectivity index (χ3v) is 4.63. The first-order chi connectivity index (χ1) is 8.61. The fourth-order valence-electron chi connectivity index (χ4n) is 2.94. The average molecular weight is 250 g/mol. The highest BCUT2D eigenvalue weighted by Crippen LogP contribution is 2.27. The molecule has 2 heterocycles. The predicted octanol–water partition coefficient (Wildman–Crippen LogP) is 1.87. The zero-order valence-electron chi connectivity index (χ0n) is 12.1. The molecule has 0 saturated heterocycles. The Morgan fingerprint density at radius 2 is 2.22 bits per heavy atom. The van der Waals surface area contributed by atoms with Gasteiger partial charge in [-0.25, -0.2) is 4.98 Å². The van der Waals surface area contributed by atoms with E-state index >= 15 is 0 Å². The normalized spacial score (nSPS) is 21.3. The van der Waals surface area contributed by atoms with Crippen molar-refractivity contribution in [2.75, 3.05) is 13.1 Å². The molecule has 4 heteroatoms. The zero-order valence-corrected chi connectivity index (χ0v) is 12.1. The molecule has 0 amide bonds. The average Bonchev–Trinajstić information content (AvgIpc) is 2.85. The molecule has 2 atom stereocenters. The molecule has 0 radical (unpaired) electrons. The minimum Gasteiger partial charge on any atom is -0.333 e. The molecule has 1 aromatic heterocycles. The van der Waals surface area contributed by atoms with Crippen LogP contribution in [0, 0.1) is 0 Å². The summed E-state index contributed by atoms with van der Waals surface area (Å²) in [6, 6.07) is 0.494. The van der Waals surface area contributed by atoms with E-state index in [0.717, 1.165) is 32.6 Å². The number of imidazole rings is 1. The van der Waals surface area contributed by atoms with Gasteiger partial charge in [0.2, 0.25) is 0 Å². The second-order valence-electron chi connectivity index (χ2n) is 5.45. The van der Waals surface area contributed by atoms with E-state index in [-0.39, 0.29) is 5.54 Å². The van der Waals surface area contributed by atoms with Crippen LogP contribution in [0.3, 0.4) is 0 Å². The number of rotatable bonds is 5. The summed E-state index contributed by atoms with van der Waals surface area (Å²) in [4.78, 5) is 7.05. The van der Waals surface area contributed by atoms with Gasteiger partial charge in [-0.05, 0) is 26.8 Å². The molecule has 0 aliphatic carbocycles. The lowest BCUT2D eigenvalue weighted by molar-refractivity contribution is 0.0404. The van der Waals surface area contributed by atoms with Crippen LogP contribution in [0.15, 0.2) is 12.4 Å². The molecule has 18 heavy (non-hydrogen) atoms. The van der Waals surface area contributed by atoms with Crippen LogP contribution in [-0.2, 0) is 13.1 Å². The zero-order chi connectivity index (χ0) is 13.2. The molecule has 1 aliphatic rings. The summed E-state index contributed by atoms with van der Waals surface area (Å²) in [5, 5.41) is 3.58. The van der Waals surface area contributed by atoms with Crippen molar-refractivity contribution < 1.29 is 0 Å². The molecular formula is C14H26N4. The fourth-order valence-corrected chi connectivity index (χ4v) is 2.94. The van der Waals surface area contributed by atoms with E-state index in [1.165, 1.54) is 5.82 Å². The molecular weight excluding hydrogens is 224 g/mol. The van der Waals surface area contributed by atoms with Crippen molar-refractivity contribution in [2.45, 2.75) is 58.8 Å². The van der Waals surface area contributed by atoms with Gasteiger partial charge < -0.3 is 9.88 Å². The van der Waals surface area contributed by atoms with Gasteiger partial charge in [0, 0.05) is 37.1 Å². The molecule has 0 spiro atoms. The van der Waals surface area contributed by atoms with E-state index in [9.17, 15) is 0 Å². The van der Waals surface area contributed by atoms with Crippen molar-refractivity contribution in [3.05, 3.63) is 18.2 Å². The van der Waals surface area contributed by atoms with E-state index in [4.69, 9.17) is 0 Å². The lowest BCUT2D eigenvalue weighted by Crippen LogP contribution is -2.59. The van der Waals surface area contributed by atoms with Crippen LogP contribution in [-0.4, -0.2) is 39.1 Å². The Balaban J connectivity index is 2.14. The van der Waals surface area contributed by atoms with Crippen molar-refractivity contribution in [1.29, 1.82) is 0 Å². The van der Waals surface area contributed by atoms with Crippen LogP contribution in [0.1, 0.15) is 39.9 Å². The monoisotopic (exact) mass is 250 g/mol. The fraction of sp³-hybridized carbons (Fsp3) is 0.786. The molecule has 0 saturated carbocycles. The van der Waals surface area contributed by atoms with Crippen LogP contribution in [0.5, 0.6) is 0 Å². The van der Waals surface area contributed by atoms with Gasteiger partial charge in [0.05, 0.1) is 6.54 Å². The van der Waals surface area contributed by atoms with Crippen LogP contribution >= 0.6 is 0 Å². The van der Waals surface area contributed by atoms with E-state index < -0.39 is 0 Å². The Labute approximate surface area is 110 Å². The number of nitrogens with zero attached hydrogens (tertiary/aromatic N) is 3. The summed E-state index contributed by atoms with van der Waals surface area (Å²) in [5.74, 6) is 1.20. The van der Waals surface area contributed by atoms with Crippen LogP contribution in [0.25, 0.3) is 0 Å². The number of nitrogens with one attached hydrogen (secondary N) is 1. The molecule has 0 fully saturated rings. The van der Waals surface area contributed by atoms with Gasteiger partial charge in [0.25, 0.3) is 0 Å². The van der Waals surface area contributed by atoms with E-state index in [1.54, 1.807) is 0 Å². The third kappa shape index (κ3) is 2.31. The number of hydrogen-bond donors (Lipinski definition) is 1. The molecule has 4 nitrogen and oxygen atoms in total. The van der Waals surface area contributed by atoms with Crippen molar-refractivity contribution in [1.82, 2.24) is 19.8 Å². The van der Waals surface area contributed by atoms with E-state index in [0.29, 0.717) is 6.04 Å². The molecule has 0 aromatic carbocycles. The van der Waals surface area contributed by atoms with Gasteiger partial charge in [0.15, 0.2) is 0 Å². The first-order valence-electron chi connectivity index (χ1n) is 7.10. The quantitative estimate of drug-likeness (QED) is 0.866. The van der Waals surface area contributed by atoms with Gasteiger partial charge >= 0.3 is 0 Å². The van der Waals surface area contributed by atoms with Gasteiger partial charge in [0.1, 0.15) is 5.82 Å². The molecule has 102 valence electrons. The molecule has 1 aliphatic heterocycles. The highest BCUT2D eigenvalue weighted by molar-refractivity contribution is 5.02. The van der Waals surface area contributed by atoms with Gasteiger partial charge in [-0.2, -0.15) is 0 Å². The number of fused-ring (bicyclic) bond motifs is 1. The van der Waals surface area contributed by atoms with Gasteiger partial charge in [-0.15, -0.1) is 0 Å². The summed E-state index contributed by atoms with van der Waals surface area (Å²) in [6.07, 6.45) is 5.15. The largest absolute Gasteiger partial charge is 0.333 e. The smallest absolute Gasteiger partial charge is 0.122 e. The molecule has 0 bridgehead atoms. The van der Waals surface area contributed by atoms with E-state index in [2.05, 4.69) is 53.7 Å². The third-order valence-electron chi connectivity index (χ3n) is 4.63. The first-order valence-corrected chi connectivity index (χ1v) is 7.10. The van der Waals surface area contributed by atoms with Crippen LogP contribution in [0.4, 0.5) is 0 Å². The molecule has 1 N–H and O–H groups in total. The Morgan fingerprint density at radius 1 is 1.44 bits per heavy atom. The van der Waals surface area contributed by atoms with E-state index in [1.807, 2.05) is 6.20 Å². The maximum Gasteiger partial charge on any atom is 0.122 e. The second-order valence-corrected chi connectivity index (χ2v) is 5.45. The summed E-state index contributed by atoms with van der Waals surface area (Å²) < 4.78 is 2.27. The Morgan fingerprint density at radius 3 is 2.89 bits per heavy atom. The summed E-state index contributed by atoms with van der Waals surface area (Å²) in [7, 11) is 0. The second kappa shape index (κ2) is 5.41. The molecule has 2 rings (SSSR count). The summed E-state index contributed by atoms with van der Waals surface area (Å²) >= 11 is 0. The lowest BCUT2D eigenvalue weighted by atomic mass is 9.87. The maximum atomic E-state index is 4.46. The predicted molar refractivity (Wildman–Crippen MR) is 74.5 cm³/mol. The standard InChI is InChI=1S/C14H26N4/c1-5-14(4,12(3)15-6-2)18-10-9-17-8-7-16-13(17)11-18/h7-8,12,15H,5-6,9-11H2,1-4H3. The summed E-state index contributed by atoms with van der Waals surface area (Å²) in [6.45, 7) is 13.3. The van der Waals surface area contributed by atoms with Crippen LogP contribution < -0.4 is 5.32 Å². The first kappa shape index (κ1) is 13.6. The lowest BCUT2D eigenvalue weighted by Gasteiger charge is -2.47. The number of likely N-dealkylation sites (N-methyl/N-ethyl adjacent to an activating group) is 1. The molecule has 2 unspecified atom stereocenters. The van der Waals surface area contributed by atoms with Crippen molar-refractivity contribution >= 4 is 0 Å². The van der Waals surface area contributed by atoms with Crippen LogP contribution in [0.2, 0.25) is 0 Å². The van der Waals surface area contributed by atoms with Gasteiger partial charge in [-0.1, -0.05) is 13.8 Å². The van der Waals surface area contributed by atoms with Crippen molar-refractivity contribution in [3.8, 4) is 0 Å². The molecule has 1 aromatic rings. The maximum absolute atomic E-state index is 4.46. The number of hydrogen-bond acceptors (Lipinski definition) is 3. The topological polar surface area (TPSA) is 33.1 Å². The Kier molecular flexibility index (Phi) is 4.07. The van der Waals surface area contributed by atoms with Gasteiger partial charge in [-0.3, -0.25) is 4.90 Å². The summed E-state index contributed by atoms with van der Waals surface area (Å²) in [5.41, 5.74) is 0.202. The minimum absolute atomic E-state index is 0.202. The minimum atomic E-state index is 0.202. The highest BCUT2D eigenvalue weighted by atomic mass is 15.3. The highest BCUT2D eigenvalue weighted by Gasteiger charge is 2.37. The Bertz CT molecular complexity index is 387. The number of aromatic nitrogens is 2. The SMILES string of the molecule is CCNC(C)C(C)(CC)N1CCn2ccnc2C1. The Hall–Kier alpha value is -0.870. The van der Waals surface area contributed by atoms with Crippen molar-refractivity contribution in [2.24, 2.45) is 0 Å². The van der Waals surface area contributed by atoms with Crippen molar-refractivity contribution in [3.63, 3.8) is 0 Å².